The number of rotatable bonds is 4. The van der Waals surface area contributed by atoms with E-state index in [1.54, 1.807) is 11.3 Å². The number of thiophene rings is 1. The van der Waals surface area contributed by atoms with Crippen molar-refractivity contribution in [1.82, 2.24) is 19.8 Å². The summed E-state index contributed by atoms with van der Waals surface area (Å²) in [6.45, 7) is 3.78. The molecule has 30 heavy (non-hydrogen) atoms. The van der Waals surface area contributed by atoms with Crippen LogP contribution in [0, 0.1) is 0 Å². The first kappa shape index (κ1) is 19.9. The van der Waals surface area contributed by atoms with Crippen LogP contribution in [-0.2, 0) is 29.0 Å². The van der Waals surface area contributed by atoms with Crippen LogP contribution in [0.1, 0.15) is 60.1 Å². The summed E-state index contributed by atoms with van der Waals surface area (Å²) >= 11 is 1.76. The van der Waals surface area contributed by atoms with Gasteiger partial charge in [-0.1, -0.05) is 6.07 Å². The standard InChI is InChI=1S/C22H28N4O3S/c27-21-16-8-10-25(13-15-5-4-12-30-15)14-17(16)23-20(24-21)18-6-1-2-9-26(18)22(28)19-7-3-11-29-19/h4-5,12,18-19H,1-3,6-11,13-14H2,(H,23,24,27). The third kappa shape index (κ3) is 3.96. The van der Waals surface area contributed by atoms with Gasteiger partial charge < -0.3 is 14.6 Å². The summed E-state index contributed by atoms with van der Waals surface area (Å²) in [6.07, 6.45) is 4.95. The third-order valence-electron chi connectivity index (χ3n) is 6.44. The van der Waals surface area contributed by atoms with Crippen LogP contribution < -0.4 is 5.56 Å². The number of likely N-dealkylation sites (tertiary alicyclic amines) is 1. The lowest BCUT2D eigenvalue weighted by Crippen LogP contribution is -2.45. The molecule has 0 spiro atoms. The molecule has 2 aromatic heterocycles. The molecule has 0 radical (unpaired) electrons. The molecule has 2 fully saturated rings. The van der Waals surface area contributed by atoms with Crippen molar-refractivity contribution < 1.29 is 9.53 Å². The molecule has 7 nitrogen and oxygen atoms in total. The SMILES string of the molecule is O=C(C1CCCO1)N1CCCCC1c1nc2c(c(=O)[nH]1)CCN(Cc1cccs1)C2. The first-order valence-corrected chi connectivity index (χ1v) is 11.9. The van der Waals surface area contributed by atoms with Gasteiger partial charge in [0.05, 0.1) is 11.7 Å². The molecule has 2 unspecified atom stereocenters. The van der Waals surface area contributed by atoms with Gasteiger partial charge in [0, 0.05) is 43.2 Å². The Bertz CT molecular complexity index is 952. The van der Waals surface area contributed by atoms with Crippen molar-refractivity contribution in [3.8, 4) is 0 Å². The highest BCUT2D eigenvalue weighted by Crippen LogP contribution is 2.31. The molecule has 8 heteroatoms. The minimum Gasteiger partial charge on any atom is -0.368 e. The molecule has 0 saturated carbocycles. The van der Waals surface area contributed by atoms with E-state index in [-0.39, 0.29) is 23.6 Å². The molecular formula is C22H28N4O3S. The fourth-order valence-corrected chi connectivity index (χ4v) is 5.61. The van der Waals surface area contributed by atoms with Gasteiger partial charge in [0.15, 0.2) is 0 Å². The van der Waals surface area contributed by atoms with E-state index in [1.807, 2.05) is 4.90 Å². The van der Waals surface area contributed by atoms with E-state index in [9.17, 15) is 9.59 Å². The number of piperidine rings is 1. The number of amides is 1. The number of nitrogens with zero attached hydrogens (tertiary/aromatic N) is 3. The second kappa shape index (κ2) is 8.61. The lowest BCUT2D eigenvalue weighted by atomic mass is 9.99. The summed E-state index contributed by atoms with van der Waals surface area (Å²) in [5.41, 5.74) is 1.63. The van der Waals surface area contributed by atoms with Gasteiger partial charge in [-0.25, -0.2) is 4.98 Å². The monoisotopic (exact) mass is 428 g/mol. The van der Waals surface area contributed by atoms with E-state index in [0.29, 0.717) is 31.9 Å². The van der Waals surface area contributed by atoms with Crippen molar-refractivity contribution >= 4 is 17.2 Å². The summed E-state index contributed by atoms with van der Waals surface area (Å²) in [4.78, 5) is 39.4. The zero-order chi connectivity index (χ0) is 20.5. The van der Waals surface area contributed by atoms with Crippen LogP contribution in [0.5, 0.6) is 0 Å². The summed E-state index contributed by atoms with van der Waals surface area (Å²) in [5.74, 6) is 0.694. The first-order chi connectivity index (χ1) is 14.7. The van der Waals surface area contributed by atoms with Crippen LogP contribution in [0.25, 0.3) is 0 Å². The average molecular weight is 429 g/mol. The van der Waals surface area contributed by atoms with Gasteiger partial charge in [-0.3, -0.25) is 14.5 Å². The van der Waals surface area contributed by atoms with Gasteiger partial charge in [0.2, 0.25) is 0 Å². The van der Waals surface area contributed by atoms with Crippen LogP contribution in [0.4, 0.5) is 0 Å². The summed E-state index contributed by atoms with van der Waals surface area (Å²) in [6, 6.07) is 4.05. The molecule has 5 heterocycles. The van der Waals surface area contributed by atoms with Crippen molar-refractivity contribution in [2.45, 2.75) is 63.8 Å². The van der Waals surface area contributed by atoms with Gasteiger partial charge in [0.25, 0.3) is 11.5 Å². The summed E-state index contributed by atoms with van der Waals surface area (Å²) < 4.78 is 5.64. The molecule has 2 atom stereocenters. The Morgan fingerprint density at radius 3 is 3.00 bits per heavy atom. The molecule has 3 aliphatic heterocycles. The molecule has 160 valence electrons. The van der Waals surface area contributed by atoms with Crippen molar-refractivity contribution in [1.29, 1.82) is 0 Å². The zero-order valence-electron chi connectivity index (χ0n) is 17.1. The number of nitrogens with one attached hydrogen (secondary N) is 1. The minimum atomic E-state index is -0.337. The number of hydrogen-bond donors (Lipinski definition) is 1. The number of carbonyl (C=O) groups excluding carboxylic acids is 1. The van der Waals surface area contributed by atoms with Crippen LogP contribution in [0.15, 0.2) is 22.3 Å². The second-order valence-corrected chi connectivity index (χ2v) is 9.49. The number of fused-ring (bicyclic) bond motifs is 1. The Kier molecular flexibility index (Phi) is 5.71. The van der Waals surface area contributed by atoms with E-state index >= 15 is 0 Å². The predicted octanol–water partition coefficient (Wildman–Crippen LogP) is 2.62. The highest BCUT2D eigenvalue weighted by molar-refractivity contribution is 7.09. The largest absolute Gasteiger partial charge is 0.368 e. The van der Waals surface area contributed by atoms with E-state index in [4.69, 9.17) is 9.72 Å². The Labute approximate surface area is 180 Å². The molecular weight excluding hydrogens is 400 g/mol. The fourth-order valence-electron chi connectivity index (χ4n) is 4.87. The van der Waals surface area contributed by atoms with Gasteiger partial charge in [-0.2, -0.15) is 0 Å². The lowest BCUT2D eigenvalue weighted by Gasteiger charge is -2.37. The molecule has 1 amide bonds. The maximum Gasteiger partial charge on any atom is 0.254 e. The van der Waals surface area contributed by atoms with E-state index < -0.39 is 0 Å². The Morgan fingerprint density at radius 1 is 1.27 bits per heavy atom. The van der Waals surface area contributed by atoms with Crippen molar-refractivity contribution in [3.05, 3.63) is 49.8 Å². The Hall–Kier alpha value is -2.03. The Balaban J connectivity index is 1.39. The summed E-state index contributed by atoms with van der Waals surface area (Å²) in [7, 11) is 0. The topological polar surface area (TPSA) is 78.5 Å². The van der Waals surface area contributed by atoms with Crippen LogP contribution in [-0.4, -0.2) is 51.5 Å². The molecule has 1 N–H and O–H groups in total. The van der Waals surface area contributed by atoms with Crippen molar-refractivity contribution in [3.63, 3.8) is 0 Å². The second-order valence-electron chi connectivity index (χ2n) is 8.46. The molecule has 3 aliphatic rings. The lowest BCUT2D eigenvalue weighted by molar-refractivity contribution is -0.145. The minimum absolute atomic E-state index is 0.0409. The quantitative estimate of drug-likeness (QED) is 0.810. The number of carbonyl (C=O) groups is 1. The first-order valence-electron chi connectivity index (χ1n) is 11.0. The van der Waals surface area contributed by atoms with Gasteiger partial charge in [-0.15, -0.1) is 11.3 Å². The maximum atomic E-state index is 13.1. The number of hydrogen-bond acceptors (Lipinski definition) is 6. The molecule has 5 rings (SSSR count). The zero-order valence-corrected chi connectivity index (χ0v) is 18.0. The van der Waals surface area contributed by atoms with E-state index in [2.05, 4.69) is 27.4 Å². The van der Waals surface area contributed by atoms with Crippen LogP contribution >= 0.6 is 11.3 Å². The van der Waals surface area contributed by atoms with Crippen LogP contribution in [0.2, 0.25) is 0 Å². The molecule has 0 aliphatic carbocycles. The van der Waals surface area contributed by atoms with Crippen LogP contribution in [0.3, 0.4) is 0 Å². The molecule has 2 saturated heterocycles. The van der Waals surface area contributed by atoms with Crippen molar-refractivity contribution in [2.24, 2.45) is 0 Å². The number of H-pyrrole nitrogens is 1. The average Bonchev–Trinajstić information content (AvgIpc) is 3.47. The van der Waals surface area contributed by atoms with E-state index in [0.717, 1.165) is 56.5 Å². The number of ether oxygens (including phenoxy) is 1. The van der Waals surface area contributed by atoms with Gasteiger partial charge in [-0.05, 0) is 50.0 Å². The highest BCUT2D eigenvalue weighted by atomic mass is 32.1. The third-order valence-corrected chi connectivity index (χ3v) is 7.30. The Morgan fingerprint density at radius 2 is 2.20 bits per heavy atom. The normalized spacial score (nSPS) is 24.7. The molecule has 0 bridgehead atoms. The molecule has 0 aromatic carbocycles. The number of aromatic nitrogens is 2. The van der Waals surface area contributed by atoms with Gasteiger partial charge >= 0.3 is 0 Å². The summed E-state index contributed by atoms with van der Waals surface area (Å²) in [5, 5.41) is 2.09. The molecule has 2 aromatic rings. The fraction of sp³-hybridized carbons (Fsp3) is 0.591. The number of aromatic amines is 1. The van der Waals surface area contributed by atoms with Gasteiger partial charge in [0.1, 0.15) is 11.9 Å². The maximum absolute atomic E-state index is 13.1. The van der Waals surface area contributed by atoms with E-state index in [1.165, 1.54) is 4.88 Å². The van der Waals surface area contributed by atoms with Crippen molar-refractivity contribution in [2.75, 3.05) is 19.7 Å². The smallest absolute Gasteiger partial charge is 0.254 e. The highest BCUT2D eigenvalue weighted by Gasteiger charge is 2.36. The predicted molar refractivity (Wildman–Crippen MR) is 114 cm³/mol.